The van der Waals surface area contributed by atoms with Crippen LogP contribution in [0, 0.1) is 0 Å². The molecule has 0 saturated heterocycles. The van der Waals surface area contributed by atoms with Gasteiger partial charge in [0.15, 0.2) is 0 Å². The number of H-pyrrole nitrogens is 1. The molecule has 0 fully saturated rings. The van der Waals surface area contributed by atoms with Gasteiger partial charge in [-0.1, -0.05) is 65.2 Å². The summed E-state index contributed by atoms with van der Waals surface area (Å²) in [5.41, 5.74) is -0.580. The van der Waals surface area contributed by atoms with Crippen molar-refractivity contribution in [3.63, 3.8) is 0 Å². The Kier molecular flexibility index (Phi) is 8.79. The van der Waals surface area contributed by atoms with Crippen molar-refractivity contribution in [1.29, 1.82) is 0 Å². The van der Waals surface area contributed by atoms with Gasteiger partial charge in [0.25, 0.3) is 5.56 Å². The van der Waals surface area contributed by atoms with Gasteiger partial charge in [-0.2, -0.15) is 0 Å². The molecule has 120 valence electrons. The van der Waals surface area contributed by atoms with Crippen molar-refractivity contribution in [2.45, 2.75) is 84.1 Å². The van der Waals surface area contributed by atoms with Crippen LogP contribution in [0.4, 0.5) is 0 Å². The molecule has 0 bridgehead atoms. The highest BCUT2D eigenvalue weighted by Crippen LogP contribution is 2.21. The third-order valence-electron chi connectivity index (χ3n) is 4.03. The first-order valence-corrected chi connectivity index (χ1v) is 8.50. The highest BCUT2D eigenvalue weighted by molar-refractivity contribution is 4.86. The van der Waals surface area contributed by atoms with Crippen molar-refractivity contribution in [2.75, 3.05) is 0 Å². The Labute approximate surface area is 127 Å². The number of nitrogens with zero attached hydrogens (tertiary/aromatic N) is 1. The van der Waals surface area contributed by atoms with Crippen molar-refractivity contribution < 1.29 is 0 Å². The van der Waals surface area contributed by atoms with E-state index < -0.39 is 0 Å². The maximum atomic E-state index is 12.0. The van der Waals surface area contributed by atoms with Crippen molar-refractivity contribution in [1.82, 2.24) is 9.55 Å². The fourth-order valence-electron chi connectivity index (χ4n) is 2.75. The lowest BCUT2D eigenvalue weighted by Crippen LogP contribution is -2.31. The molecule has 0 radical (unpaired) electrons. The number of nitrogens with one attached hydrogen (secondary N) is 1. The van der Waals surface area contributed by atoms with Gasteiger partial charge in [-0.05, 0) is 12.8 Å². The van der Waals surface area contributed by atoms with Crippen LogP contribution < -0.4 is 11.2 Å². The minimum absolute atomic E-state index is 0.225. The Hall–Kier alpha value is -1.32. The summed E-state index contributed by atoms with van der Waals surface area (Å²) >= 11 is 0. The first-order valence-electron chi connectivity index (χ1n) is 8.50. The zero-order valence-corrected chi connectivity index (χ0v) is 13.6. The largest absolute Gasteiger partial charge is 0.328 e. The molecule has 1 unspecified atom stereocenters. The van der Waals surface area contributed by atoms with Crippen LogP contribution in [-0.4, -0.2) is 9.55 Å². The number of hydrogen-bond donors (Lipinski definition) is 1. The summed E-state index contributed by atoms with van der Waals surface area (Å²) in [6.07, 6.45) is 13.4. The molecule has 1 N–H and O–H groups in total. The molecule has 0 aliphatic heterocycles. The SMILES string of the molecule is CCCCCCCC(CCCCC)n1ccc(=O)[nH]c1=O. The summed E-state index contributed by atoms with van der Waals surface area (Å²) in [6.45, 7) is 4.40. The minimum Gasteiger partial charge on any atom is -0.298 e. The van der Waals surface area contributed by atoms with E-state index in [-0.39, 0.29) is 17.3 Å². The van der Waals surface area contributed by atoms with E-state index in [1.54, 1.807) is 10.8 Å². The van der Waals surface area contributed by atoms with E-state index in [2.05, 4.69) is 18.8 Å². The highest BCUT2D eigenvalue weighted by Gasteiger charge is 2.12. The Balaban J connectivity index is 2.62. The maximum absolute atomic E-state index is 12.0. The molecule has 1 atom stereocenters. The average Bonchev–Trinajstić information content (AvgIpc) is 2.46. The van der Waals surface area contributed by atoms with Crippen LogP contribution in [-0.2, 0) is 0 Å². The Bertz CT molecular complexity index is 490. The maximum Gasteiger partial charge on any atom is 0.328 e. The molecule has 21 heavy (non-hydrogen) atoms. The molecule has 0 amide bonds. The third-order valence-corrected chi connectivity index (χ3v) is 4.03. The van der Waals surface area contributed by atoms with Crippen LogP contribution in [0.15, 0.2) is 21.9 Å². The number of hydrogen-bond acceptors (Lipinski definition) is 2. The van der Waals surface area contributed by atoms with E-state index in [0.29, 0.717) is 0 Å². The molecule has 4 heteroatoms. The van der Waals surface area contributed by atoms with Crippen molar-refractivity contribution >= 4 is 0 Å². The lowest BCUT2D eigenvalue weighted by atomic mass is 10.0. The standard InChI is InChI=1S/C17H30N2O2/c1-3-5-7-8-10-12-15(11-9-6-4-2)19-14-13-16(20)18-17(19)21/h13-15H,3-12H2,1-2H3,(H,18,20,21). The molecule has 0 aromatic carbocycles. The van der Waals surface area contributed by atoms with Crippen LogP contribution in [0.5, 0.6) is 0 Å². The van der Waals surface area contributed by atoms with Gasteiger partial charge in [-0.15, -0.1) is 0 Å². The Morgan fingerprint density at radius 2 is 1.52 bits per heavy atom. The number of unbranched alkanes of at least 4 members (excludes halogenated alkanes) is 6. The fourth-order valence-corrected chi connectivity index (χ4v) is 2.75. The van der Waals surface area contributed by atoms with E-state index in [9.17, 15) is 9.59 Å². The zero-order valence-electron chi connectivity index (χ0n) is 13.6. The molecule has 1 aromatic rings. The second-order valence-electron chi connectivity index (χ2n) is 5.87. The van der Waals surface area contributed by atoms with Crippen molar-refractivity contribution in [3.05, 3.63) is 33.1 Å². The van der Waals surface area contributed by atoms with Gasteiger partial charge in [0.1, 0.15) is 0 Å². The molecule has 0 saturated carbocycles. The van der Waals surface area contributed by atoms with Crippen LogP contribution in [0.1, 0.15) is 84.1 Å². The van der Waals surface area contributed by atoms with Gasteiger partial charge in [0.2, 0.25) is 0 Å². The predicted molar refractivity (Wildman–Crippen MR) is 87.9 cm³/mol. The lowest BCUT2D eigenvalue weighted by molar-refractivity contribution is 0.384. The second kappa shape index (κ2) is 10.4. The molecular formula is C17H30N2O2. The number of rotatable bonds is 11. The monoisotopic (exact) mass is 294 g/mol. The van der Waals surface area contributed by atoms with Gasteiger partial charge in [0, 0.05) is 18.3 Å². The summed E-state index contributed by atoms with van der Waals surface area (Å²) in [7, 11) is 0. The zero-order chi connectivity index (χ0) is 15.5. The van der Waals surface area contributed by atoms with E-state index in [1.807, 2.05) is 0 Å². The summed E-state index contributed by atoms with van der Waals surface area (Å²) in [6, 6.07) is 1.67. The van der Waals surface area contributed by atoms with E-state index in [4.69, 9.17) is 0 Å². The first kappa shape index (κ1) is 17.7. The Morgan fingerprint density at radius 1 is 0.952 bits per heavy atom. The van der Waals surface area contributed by atoms with Crippen LogP contribution in [0.25, 0.3) is 0 Å². The third kappa shape index (κ3) is 6.78. The summed E-state index contributed by atoms with van der Waals surface area (Å²) in [4.78, 5) is 25.5. The topological polar surface area (TPSA) is 54.9 Å². The normalized spacial score (nSPS) is 12.5. The van der Waals surface area contributed by atoms with Gasteiger partial charge >= 0.3 is 5.69 Å². The molecule has 0 aliphatic rings. The highest BCUT2D eigenvalue weighted by atomic mass is 16.2. The molecule has 1 rings (SSSR count). The second-order valence-corrected chi connectivity index (χ2v) is 5.87. The number of aromatic amines is 1. The Morgan fingerprint density at radius 3 is 2.14 bits per heavy atom. The predicted octanol–water partition coefficient (Wildman–Crippen LogP) is 4.02. The quantitative estimate of drug-likeness (QED) is 0.627. The molecular weight excluding hydrogens is 264 g/mol. The molecule has 1 aromatic heterocycles. The van der Waals surface area contributed by atoms with Gasteiger partial charge < -0.3 is 0 Å². The van der Waals surface area contributed by atoms with Crippen LogP contribution >= 0.6 is 0 Å². The molecule has 4 nitrogen and oxygen atoms in total. The summed E-state index contributed by atoms with van der Waals surface area (Å²) in [5, 5.41) is 0. The van der Waals surface area contributed by atoms with Crippen LogP contribution in [0.3, 0.4) is 0 Å². The smallest absolute Gasteiger partial charge is 0.298 e. The molecule has 1 heterocycles. The van der Waals surface area contributed by atoms with E-state index >= 15 is 0 Å². The van der Waals surface area contributed by atoms with Gasteiger partial charge in [0.05, 0.1) is 0 Å². The minimum atomic E-state index is -0.313. The first-order chi connectivity index (χ1) is 10.2. The number of aromatic nitrogens is 2. The summed E-state index contributed by atoms with van der Waals surface area (Å²) in [5.74, 6) is 0. The van der Waals surface area contributed by atoms with Crippen molar-refractivity contribution in [3.8, 4) is 0 Å². The van der Waals surface area contributed by atoms with E-state index in [0.717, 1.165) is 25.7 Å². The average molecular weight is 294 g/mol. The summed E-state index contributed by atoms with van der Waals surface area (Å²) < 4.78 is 1.72. The van der Waals surface area contributed by atoms with Crippen molar-refractivity contribution in [2.24, 2.45) is 0 Å². The van der Waals surface area contributed by atoms with Gasteiger partial charge in [-0.25, -0.2) is 4.79 Å². The molecule has 0 spiro atoms. The van der Waals surface area contributed by atoms with E-state index in [1.165, 1.54) is 44.6 Å². The lowest BCUT2D eigenvalue weighted by Gasteiger charge is -2.19. The van der Waals surface area contributed by atoms with Crippen LogP contribution in [0.2, 0.25) is 0 Å². The molecule has 0 aliphatic carbocycles. The van der Waals surface area contributed by atoms with Gasteiger partial charge in [-0.3, -0.25) is 14.3 Å². The fraction of sp³-hybridized carbons (Fsp3) is 0.765.